The maximum absolute atomic E-state index is 13.4. The van der Waals surface area contributed by atoms with Gasteiger partial charge in [-0.05, 0) is 49.9 Å². The summed E-state index contributed by atoms with van der Waals surface area (Å²) in [6.45, 7) is 7.46. The fraction of sp³-hybridized carbons (Fsp3) is 0.400. The van der Waals surface area contributed by atoms with Crippen molar-refractivity contribution in [1.82, 2.24) is 0 Å². The first kappa shape index (κ1) is 9.59. The van der Waals surface area contributed by atoms with Crippen molar-refractivity contribution in [3.63, 3.8) is 0 Å². The van der Waals surface area contributed by atoms with Gasteiger partial charge in [-0.2, -0.15) is 0 Å². The van der Waals surface area contributed by atoms with Crippen molar-refractivity contribution in [2.24, 2.45) is 0 Å². The molecule has 66 valence electrons. The van der Waals surface area contributed by atoms with Crippen LogP contribution in [0.25, 0.3) is 0 Å². The van der Waals surface area contributed by atoms with Crippen LogP contribution in [0.1, 0.15) is 22.3 Å². The van der Waals surface area contributed by atoms with E-state index >= 15 is 0 Å². The number of rotatable bonds is 0. The first-order chi connectivity index (χ1) is 5.46. The molecule has 0 aromatic heterocycles. The predicted octanol–water partition coefficient (Wildman–Crippen LogP) is 3.35. The summed E-state index contributed by atoms with van der Waals surface area (Å²) in [5.41, 5.74) is 3.47. The highest BCUT2D eigenvalue weighted by atomic mass is 32.1. The number of hydrogen-bond acceptors (Lipinski definition) is 1. The topological polar surface area (TPSA) is 0 Å². The van der Waals surface area contributed by atoms with E-state index in [0.717, 1.165) is 21.6 Å². The van der Waals surface area contributed by atoms with E-state index < -0.39 is 0 Å². The minimum Gasteiger partial charge on any atom is -0.206 e. The van der Waals surface area contributed by atoms with E-state index in [1.807, 2.05) is 13.8 Å². The molecule has 0 heterocycles. The molecule has 0 bridgehead atoms. The third-order valence-electron chi connectivity index (χ3n) is 2.49. The Labute approximate surface area is 78.2 Å². The molecule has 2 heteroatoms. The van der Waals surface area contributed by atoms with Crippen LogP contribution in [0.3, 0.4) is 0 Å². The Morgan fingerprint density at radius 1 is 0.833 bits per heavy atom. The van der Waals surface area contributed by atoms with Gasteiger partial charge in [0.2, 0.25) is 0 Å². The van der Waals surface area contributed by atoms with Gasteiger partial charge in [0.1, 0.15) is 5.82 Å². The molecule has 0 nitrogen and oxygen atoms in total. The van der Waals surface area contributed by atoms with Gasteiger partial charge < -0.3 is 0 Å². The fourth-order valence-electron chi connectivity index (χ4n) is 1.29. The molecule has 1 aromatic rings. The highest BCUT2D eigenvalue weighted by molar-refractivity contribution is 7.80. The molecule has 0 saturated heterocycles. The van der Waals surface area contributed by atoms with Crippen LogP contribution in [0.4, 0.5) is 4.39 Å². The molecule has 0 radical (unpaired) electrons. The van der Waals surface area contributed by atoms with E-state index in [0.29, 0.717) is 5.56 Å². The summed E-state index contributed by atoms with van der Waals surface area (Å²) in [6.07, 6.45) is 0. The van der Waals surface area contributed by atoms with Crippen molar-refractivity contribution in [2.75, 3.05) is 0 Å². The van der Waals surface area contributed by atoms with Gasteiger partial charge in [0, 0.05) is 4.90 Å². The summed E-state index contributed by atoms with van der Waals surface area (Å²) in [6, 6.07) is 0. The molecule has 0 N–H and O–H groups in total. The molecule has 0 saturated carbocycles. The highest BCUT2D eigenvalue weighted by Crippen LogP contribution is 2.27. The maximum atomic E-state index is 13.4. The number of thiol groups is 1. The number of benzene rings is 1. The molecular formula is C10H13FS. The molecular weight excluding hydrogens is 171 g/mol. The normalized spacial score (nSPS) is 10.5. The third kappa shape index (κ3) is 1.24. The molecule has 0 fully saturated rings. The number of hydrogen-bond donors (Lipinski definition) is 1. The molecule has 0 aliphatic heterocycles. The molecule has 12 heavy (non-hydrogen) atoms. The Morgan fingerprint density at radius 2 is 1.33 bits per heavy atom. The van der Waals surface area contributed by atoms with Gasteiger partial charge in [-0.3, -0.25) is 0 Å². The lowest BCUT2D eigenvalue weighted by molar-refractivity contribution is 0.601. The first-order valence-corrected chi connectivity index (χ1v) is 4.36. The maximum Gasteiger partial charge on any atom is 0.130 e. The van der Waals surface area contributed by atoms with Gasteiger partial charge in [-0.15, -0.1) is 12.6 Å². The zero-order valence-corrected chi connectivity index (χ0v) is 8.72. The molecule has 0 aliphatic carbocycles. The average Bonchev–Trinajstić information content (AvgIpc) is 2.08. The lowest BCUT2D eigenvalue weighted by Gasteiger charge is -2.12. The Kier molecular flexibility index (Phi) is 2.47. The van der Waals surface area contributed by atoms with E-state index in [1.165, 1.54) is 0 Å². The lowest BCUT2D eigenvalue weighted by atomic mass is 10.0. The molecule has 0 spiro atoms. The Morgan fingerprint density at radius 3 is 1.83 bits per heavy atom. The van der Waals surface area contributed by atoms with Gasteiger partial charge >= 0.3 is 0 Å². The van der Waals surface area contributed by atoms with Crippen LogP contribution in [-0.4, -0.2) is 0 Å². The molecule has 0 aliphatic rings. The van der Waals surface area contributed by atoms with Crippen molar-refractivity contribution in [1.29, 1.82) is 0 Å². The Balaban J connectivity index is 3.60. The van der Waals surface area contributed by atoms with E-state index in [2.05, 4.69) is 12.6 Å². The Bertz CT molecular complexity index is 224. The van der Waals surface area contributed by atoms with Gasteiger partial charge in [-0.1, -0.05) is 0 Å². The average molecular weight is 184 g/mol. The van der Waals surface area contributed by atoms with Crippen LogP contribution in [-0.2, 0) is 0 Å². The second-order valence-electron chi connectivity index (χ2n) is 3.16. The van der Waals surface area contributed by atoms with Crippen LogP contribution in [0.15, 0.2) is 4.90 Å². The van der Waals surface area contributed by atoms with Gasteiger partial charge in [0.05, 0.1) is 0 Å². The molecule has 0 atom stereocenters. The number of halogens is 1. The van der Waals surface area contributed by atoms with Crippen molar-refractivity contribution in [3.8, 4) is 0 Å². The summed E-state index contributed by atoms with van der Waals surface area (Å²) < 4.78 is 13.4. The fourth-order valence-corrected chi connectivity index (χ4v) is 1.56. The minimum absolute atomic E-state index is 0.122. The second kappa shape index (κ2) is 3.09. The summed E-state index contributed by atoms with van der Waals surface area (Å²) >= 11 is 4.26. The zero-order valence-electron chi connectivity index (χ0n) is 7.83. The summed E-state index contributed by atoms with van der Waals surface area (Å²) in [4.78, 5) is 0.774. The van der Waals surface area contributed by atoms with Crippen LogP contribution >= 0.6 is 12.6 Å². The zero-order chi connectivity index (χ0) is 9.46. The monoisotopic (exact) mass is 184 g/mol. The second-order valence-corrected chi connectivity index (χ2v) is 3.61. The van der Waals surface area contributed by atoms with Gasteiger partial charge in [-0.25, -0.2) is 4.39 Å². The van der Waals surface area contributed by atoms with E-state index in [9.17, 15) is 4.39 Å². The van der Waals surface area contributed by atoms with E-state index in [4.69, 9.17) is 0 Å². The minimum atomic E-state index is -0.122. The van der Waals surface area contributed by atoms with E-state index in [-0.39, 0.29) is 5.82 Å². The SMILES string of the molecule is Cc1c(C)c(F)c(C)c(S)c1C. The van der Waals surface area contributed by atoms with Crippen LogP contribution in [0, 0.1) is 33.5 Å². The van der Waals surface area contributed by atoms with Crippen molar-refractivity contribution in [2.45, 2.75) is 32.6 Å². The van der Waals surface area contributed by atoms with Gasteiger partial charge in [0.25, 0.3) is 0 Å². The molecule has 1 rings (SSSR count). The third-order valence-corrected chi connectivity index (χ3v) is 3.16. The Hall–Kier alpha value is -0.500. The van der Waals surface area contributed by atoms with Crippen molar-refractivity contribution >= 4 is 12.6 Å². The van der Waals surface area contributed by atoms with Crippen molar-refractivity contribution in [3.05, 3.63) is 28.1 Å². The van der Waals surface area contributed by atoms with Crippen LogP contribution < -0.4 is 0 Å². The molecule has 0 amide bonds. The summed E-state index contributed by atoms with van der Waals surface area (Å²) in [5, 5.41) is 0. The summed E-state index contributed by atoms with van der Waals surface area (Å²) in [7, 11) is 0. The smallest absolute Gasteiger partial charge is 0.130 e. The van der Waals surface area contributed by atoms with Crippen molar-refractivity contribution < 1.29 is 4.39 Å². The standard InChI is InChI=1S/C10H13FS/c1-5-6(2)9(11)8(4)10(12)7(5)3/h12H,1-4H3. The molecule has 0 unspecified atom stereocenters. The first-order valence-electron chi connectivity index (χ1n) is 3.91. The highest BCUT2D eigenvalue weighted by Gasteiger charge is 2.11. The van der Waals surface area contributed by atoms with E-state index in [1.54, 1.807) is 13.8 Å². The van der Waals surface area contributed by atoms with Gasteiger partial charge in [0.15, 0.2) is 0 Å². The quantitative estimate of drug-likeness (QED) is 0.587. The van der Waals surface area contributed by atoms with Crippen LogP contribution in [0.2, 0.25) is 0 Å². The lowest BCUT2D eigenvalue weighted by Crippen LogP contribution is -1.97. The molecule has 1 aromatic carbocycles. The van der Waals surface area contributed by atoms with Crippen LogP contribution in [0.5, 0.6) is 0 Å². The predicted molar refractivity (Wildman–Crippen MR) is 52.6 cm³/mol. The summed E-state index contributed by atoms with van der Waals surface area (Å²) in [5.74, 6) is -0.122. The largest absolute Gasteiger partial charge is 0.206 e.